The van der Waals surface area contributed by atoms with Gasteiger partial charge in [-0.15, -0.1) is 11.3 Å². The Morgan fingerprint density at radius 2 is 1.56 bits per heavy atom. The van der Waals surface area contributed by atoms with Crippen molar-refractivity contribution >= 4 is 23.0 Å². The third-order valence-corrected chi connectivity index (χ3v) is 5.15. The highest BCUT2D eigenvalue weighted by Crippen LogP contribution is 2.32. The first-order valence-corrected chi connectivity index (χ1v) is 9.35. The Kier molecular flexibility index (Phi) is 4.56. The average Bonchev–Trinajstić information content (AvgIpc) is 3.02. The van der Waals surface area contributed by atoms with Crippen LogP contribution in [0.15, 0.2) is 60.7 Å². The molecule has 5 nitrogen and oxygen atoms in total. The number of hydrogen-bond acceptors (Lipinski definition) is 6. The Morgan fingerprint density at radius 3 is 2.22 bits per heavy atom. The number of aryl methyl sites for hydroxylation is 2. The van der Waals surface area contributed by atoms with Crippen LogP contribution in [0.5, 0.6) is 5.75 Å². The average molecular weight is 374 g/mol. The van der Waals surface area contributed by atoms with E-state index in [1.807, 2.05) is 50.2 Å². The lowest BCUT2D eigenvalue weighted by Crippen LogP contribution is -2.00. The van der Waals surface area contributed by atoms with E-state index < -0.39 is 0 Å². The second-order valence-electron chi connectivity index (χ2n) is 6.15. The Labute approximate surface area is 161 Å². The Morgan fingerprint density at radius 1 is 0.852 bits per heavy atom. The van der Waals surface area contributed by atoms with Crippen molar-refractivity contribution in [3.8, 4) is 27.6 Å². The van der Waals surface area contributed by atoms with Crippen molar-refractivity contribution < 1.29 is 5.11 Å². The summed E-state index contributed by atoms with van der Waals surface area (Å²) >= 11 is 1.63. The van der Waals surface area contributed by atoms with Crippen molar-refractivity contribution in [2.24, 2.45) is 0 Å². The molecule has 0 saturated heterocycles. The zero-order valence-corrected chi connectivity index (χ0v) is 15.8. The Balaban J connectivity index is 1.81. The number of rotatable bonds is 4. The summed E-state index contributed by atoms with van der Waals surface area (Å²) in [6.45, 7) is 3.99. The van der Waals surface area contributed by atoms with Crippen LogP contribution in [0.1, 0.15) is 10.7 Å². The molecule has 2 heterocycles. The standard InChI is InChI=1S/C21H18N4OS/c1-13-20(27-14(2)22-13)19-12-18(15-6-4-3-5-7-15)24-21(25-19)23-16-8-10-17(26)11-9-16/h3-12,26H,1-2H3,(H,23,24,25). The predicted octanol–water partition coefficient (Wildman–Crippen LogP) is 5.33. The second-order valence-corrected chi connectivity index (χ2v) is 7.35. The molecule has 0 amide bonds. The molecule has 6 heteroatoms. The van der Waals surface area contributed by atoms with Gasteiger partial charge in [0.2, 0.25) is 5.95 Å². The van der Waals surface area contributed by atoms with Crippen LogP contribution in [0.25, 0.3) is 21.8 Å². The first-order chi connectivity index (χ1) is 13.1. The molecule has 0 bridgehead atoms. The predicted molar refractivity (Wildman–Crippen MR) is 109 cm³/mol. The molecule has 0 spiro atoms. The van der Waals surface area contributed by atoms with Gasteiger partial charge in [0, 0.05) is 11.3 Å². The lowest BCUT2D eigenvalue weighted by molar-refractivity contribution is 0.475. The molecule has 134 valence electrons. The number of anilines is 2. The van der Waals surface area contributed by atoms with Crippen LogP contribution >= 0.6 is 11.3 Å². The van der Waals surface area contributed by atoms with Crippen LogP contribution < -0.4 is 5.32 Å². The zero-order chi connectivity index (χ0) is 18.8. The van der Waals surface area contributed by atoms with E-state index in [9.17, 15) is 5.11 Å². The van der Waals surface area contributed by atoms with Gasteiger partial charge in [0.15, 0.2) is 0 Å². The lowest BCUT2D eigenvalue weighted by Gasteiger charge is -2.10. The van der Waals surface area contributed by atoms with Crippen LogP contribution in [-0.2, 0) is 0 Å². The summed E-state index contributed by atoms with van der Waals surface area (Å²) in [6.07, 6.45) is 0. The first kappa shape index (κ1) is 17.2. The minimum Gasteiger partial charge on any atom is -0.508 e. The van der Waals surface area contributed by atoms with Crippen molar-refractivity contribution in [1.82, 2.24) is 15.0 Å². The summed E-state index contributed by atoms with van der Waals surface area (Å²) in [5.74, 6) is 0.721. The number of aromatic nitrogens is 3. The molecule has 0 atom stereocenters. The Bertz CT molecular complexity index is 1080. The smallest absolute Gasteiger partial charge is 0.228 e. The molecule has 0 saturated carbocycles. The number of hydrogen-bond donors (Lipinski definition) is 2. The zero-order valence-electron chi connectivity index (χ0n) is 15.0. The SMILES string of the molecule is Cc1nc(C)c(-c2cc(-c3ccccc3)nc(Nc3ccc(O)cc3)n2)s1. The molecule has 2 aromatic carbocycles. The van der Waals surface area contributed by atoms with Gasteiger partial charge in [-0.1, -0.05) is 30.3 Å². The second kappa shape index (κ2) is 7.17. The minimum atomic E-state index is 0.218. The fraction of sp³-hybridized carbons (Fsp3) is 0.0952. The van der Waals surface area contributed by atoms with Crippen molar-refractivity contribution in [2.45, 2.75) is 13.8 Å². The summed E-state index contributed by atoms with van der Waals surface area (Å²) in [7, 11) is 0. The molecule has 2 N–H and O–H groups in total. The van der Waals surface area contributed by atoms with Gasteiger partial charge < -0.3 is 10.4 Å². The van der Waals surface area contributed by atoms with Crippen LogP contribution in [-0.4, -0.2) is 20.1 Å². The third-order valence-electron chi connectivity index (χ3n) is 4.06. The highest BCUT2D eigenvalue weighted by Gasteiger charge is 2.13. The molecule has 0 aliphatic heterocycles. The lowest BCUT2D eigenvalue weighted by atomic mass is 10.1. The van der Waals surface area contributed by atoms with Crippen LogP contribution in [0.2, 0.25) is 0 Å². The van der Waals surface area contributed by atoms with Crippen molar-refractivity contribution in [3.63, 3.8) is 0 Å². The normalized spacial score (nSPS) is 10.7. The highest BCUT2D eigenvalue weighted by atomic mass is 32.1. The molecule has 27 heavy (non-hydrogen) atoms. The van der Waals surface area contributed by atoms with E-state index in [1.165, 1.54) is 0 Å². The number of phenols is 1. The van der Waals surface area contributed by atoms with Gasteiger partial charge in [-0.25, -0.2) is 15.0 Å². The summed E-state index contributed by atoms with van der Waals surface area (Å²) in [4.78, 5) is 15.0. The maximum absolute atomic E-state index is 9.48. The number of nitrogens with zero attached hydrogens (tertiary/aromatic N) is 3. The van der Waals surface area contributed by atoms with Gasteiger partial charge in [-0.05, 0) is 44.2 Å². The quantitative estimate of drug-likeness (QED) is 0.472. The molecular formula is C21H18N4OS. The first-order valence-electron chi connectivity index (χ1n) is 8.53. The summed E-state index contributed by atoms with van der Waals surface area (Å²) in [6, 6.07) is 18.9. The van der Waals surface area contributed by atoms with Gasteiger partial charge in [0.05, 0.1) is 27.0 Å². The molecule has 0 aliphatic carbocycles. The van der Waals surface area contributed by atoms with Gasteiger partial charge in [-0.3, -0.25) is 0 Å². The van der Waals surface area contributed by atoms with Gasteiger partial charge in [0.1, 0.15) is 5.75 Å². The fourth-order valence-electron chi connectivity index (χ4n) is 2.82. The number of phenolic OH excluding ortho intramolecular Hbond substituents is 1. The van der Waals surface area contributed by atoms with Crippen molar-refractivity contribution in [2.75, 3.05) is 5.32 Å². The molecule has 0 radical (unpaired) electrons. The molecule has 4 rings (SSSR count). The van der Waals surface area contributed by atoms with Crippen molar-refractivity contribution in [1.29, 1.82) is 0 Å². The maximum atomic E-state index is 9.48. The van der Waals surface area contributed by atoms with Crippen LogP contribution in [0, 0.1) is 13.8 Å². The molecule has 0 unspecified atom stereocenters. The largest absolute Gasteiger partial charge is 0.508 e. The Hall–Kier alpha value is -3.25. The van der Waals surface area contributed by atoms with Gasteiger partial charge >= 0.3 is 0 Å². The monoisotopic (exact) mass is 374 g/mol. The summed E-state index contributed by atoms with van der Waals surface area (Å²) in [5.41, 5.74) is 4.47. The number of benzene rings is 2. The number of nitrogens with one attached hydrogen (secondary N) is 1. The molecule has 2 aromatic heterocycles. The van der Waals surface area contributed by atoms with Crippen molar-refractivity contribution in [3.05, 3.63) is 71.4 Å². The molecule has 4 aromatic rings. The highest BCUT2D eigenvalue weighted by molar-refractivity contribution is 7.15. The van der Waals surface area contributed by atoms with E-state index >= 15 is 0 Å². The topological polar surface area (TPSA) is 70.9 Å². The van der Waals surface area contributed by atoms with E-state index in [2.05, 4.69) is 15.3 Å². The molecule has 0 aliphatic rings. The van der Waals surface area contributed by atoms with E-state index in [0.29, 0.717) is 5.95 Å². The van der Waals surface area contributed by atoms with Crippen LogP contribution in [0.3, 0.4) is 0 Å². The number of aromatic hydroxyl groups is 1. The van der Waals surface area contributed by atoms with E-state index in [-0.39, 0.29) is 5.75 Å². The summed E-state index contributed by atoms with van der Waals surface area (Å²) < 4.78 is 0. The summed E-state index contributed by atoms with van der Waals surface area (Å²) in [5, 5.41) is 13.7. The maximum Gasteiger partial charge on any atom is 0.228 e. The third kappa shape index (κ3) is 3.80. The van der Waals surface area contributed by atoms with Gasteiger partial charge in [-0.2, -0.15) is 0 Å². The molecule has 0 fully saturated rings. The fourth-order valence-corrected chi connectivity index (χ4v) is 3.70. The molecular weight excluding hydrogens is 356 g/mol. The van der Waals surface area contributed by atoms with Crippen LogP contribution in [0.4, 0.5) is 11.6 Å². The van der Waals surface area contributed by atoms with E-state index in [1.54, 1.807) is 35.6 Å². The van der Waals surface area contributed by atoms with Gasteiger partial charge in [0.25, 0.3) is 0 Å². The van der Waals surface area contributed by atoms with E-state index in [0.717, 1.165) is 38.2 Å². The number of thiazole rings is 1. The van der Waals surface area contributed by atoms with E-state index in [4.69, 9.17) is 4.98 Å². The minimum absolute atomic E-state index is 0.218.